The molecule has 0 saturated carbocycles. The summed E-state index contributed by atoms with van der Waals surface area (Å²) in [6.45, 7) is 0.0216. The molecule has 9 rings (SSSR count). The third-order valence-corrected chi connectivity index (χ3v) is 9.15. The van der Waals surface area contributed by atoms with Crippen molar-refractivity contribution in [1.82, 2.24) is 9.55 Å². The first-order chi connectivity index (χ1) is 21.9. The van der Waals surface area contributed by atoms with E-state index >= 15 is 0 Å². The Morgan fingerprint density at radius 2 is 1.05 bits per heavy atom. The quantitative estimate of drug-likeness (QED) is 0.200. The van der Waals surface area contributed by atoms with Crippen molar-refractivity contribution in [3.63, 3.8) is 0 Å². The molecule has 0 bridgehead atoms. The van der Waals surface area contributed by atoms with Crippen molar-refractivity contribution in [1.29, 1.82) is 0 Å². The number of para-hydroxylation sites is 2. The molecule has 6 aromatic carbocycles. The predicted molar refractivity (Wildman–Crippen MR) is 186 cm³/mol. The molecule has 1 aliphatic heterocycles. The van der Waals surface area contributed by atoms with Gasteiger partial charge in [-0.05, 0) is 63.6 Å². The minimum absolute atomic E-state index is 0.0216. The van der Waals surface area contributed by atoms with E-state index < -0.39 is 0 Å². The Labute approximate surface area is 257 Å². The van der Waals surface area contributed by atoms with Crippen LogP contribution in [0.1, 0.15) is 0 Å². The largest absolute Gasteiger partial charge is 0.309 e. The number of pyridine rings is 1. The lowest BCUT2D eigenvalue weighted by Crippen LogP contribution is -2.50. The van der Waals surface area contributed by atoms with Crippen molar-refractivity contribution in [2.45, 2.75) is 0 Å². The zero-order valence-electron chi connectivity index (χ0n) is 24.1. The van der Waals surface area contributed by atoms with Gasteiger partial charge in [-0.15, -0.1) is 0 Å². The van der Waals surface area contributed by atoms with Crippen LogP contribution >= 0.6 is 0 Å². The van der Waals surface area contributed by atoms with Gasteiger partial charge in [-0.2, -0.15) is 0 Å². The summed E-state index contributed by atoms with van der Waals surface area (Å²) in [5.74, 6) is 0. The molecule has 8 aromatic rings. The second-order valence-electron chi connectivity index (χ2n) is 11.5. The summed E-state index contributed by atoms with van der Waals surface area (Å²) in [7, 11) is 0. The number of hydrogen-bond acceptors (Lipinski definition) is 1. The first kappa shape index (κ1) is 24.9. The number of fused-ring (bicyclic) bond motifs is 6. The first-order valence-electron chi connectivity index (χ1n) is 15.2. The maximum absolute atomic E-state index is 4.97. The highest BCUT2D eigenvalue weighted by molar-refractivity contribution is 7.00. The predicted octanol–water partition coefficient (Wildman–Crippen LogP) is 8.01. The maximum Gasteiger partial charge on any atom is 0.246 e. The van der Waals surface area contributed by atoms with Crippen LogP contribution in [-0.2, 0) is 0 Å². The molecule has 0 saturated heterocycles. The van der Waals surface area contributed by atoms with Gasteiger partial charge in [-0.1, -0.05) is 138 Å². The van der Waals surface area contributed by atoms with Gasteiger partial charge in [0.1, 0.15) is 0 Å². The van der Waals surface area contributed by atoms with Crippen molar-refractivity contribution in [2.24, 2.45) is 0 Å². The molecule has 0 spiro atoms. The second kappa shape index (κ2) is 9.96. The lowest BCUT2D eigenvalue weighted by molar-refractivity contribution is 1.18. The van der Waals surface area contributed by atoms with E-state index in [4.69, 9.17) is 4.98 Å². The van der Waals surface area contributed by atoms with Crippen molar-refractivity contribution in [3.05, 3.63) is 164 Å². The fraction of sp³-hybridized carbons (Fsp3) is 0. The highest BCUT2D eigenvalue weighted by Gasteiger charge is 2.37. The van der Waals surface area contributed by atoms with Gasteiger partial charge in [-0.25, -0.2) is 0 Å². The molecule has 2 nitrogen and oxygen atoms in total. The van der Waals surface area contributed by atoms with E-state index in [2.05, 4.69) is 162 Å². The van der Waals surface area contributed by atoms with Crippen LogP contribution in [0.2, 0.25) is 0 Å². The number of nitrogens with zero attached hydrogens (tertiary/aromatic N) is 2. The molecule has 3 heteroatoms. The summed E-state index contributed by atoms with van der Waals surface area (Å²) >= 11 is 0. The number of rotatable bonds is 4. The Morgan fingerprint density at radius 1 is 0.455 bits per heavy atom. The van der Waals surface area contributed by atoms with Crippen molar-refractivity contribution < 1.29 is 0 Å². The minimum atomic E-state index is 0.0216. The van der Waals surface area contributed by atoms with Gasteiger partial charge in [0.15, 0.2) is 0 Å². The Kier molecular flexibility index (Phi) is 5.64. The summed E-state index contributed by atoms with van der Waals surface area (Å²) in [5, 5.41) is 2.54. The smallest absolute Gasteiger partial charge is 0.246 e. The maximum atomic E-state index is 4.97. The van der Waals surface area contributed by atoms with Gasteiger partial charge < -0.3 is 4.57 Å². The summed E-state index contributed by atoms with van der Waals surface area (Å²) in [5.41, 5.74) is 14.7. The molecule has 0 N–H and O–H groups in total. The van der Waals surface area contributed by atoms with Gasteiger partial charge >= 0.3 is 0 Å². The molecule has 0 fully saturated rings. The van der Waals surface area contributed by atoms with Crippen LogP contribution in [0.4, 0.5) is 0 Å². The molecule has 0 atom stereocenters. The van der Waals surface area contributed by atoms with Crippen molar-refractivity contribution in [2.75, 3.05) is 0 Å². The monoisotopic (exact) mass is 558 g/mol. The standard InChI is InChI=1S/C41H27BN2/c1-3-13-28(14-4-1)31-19-11-20-32(29-15-5-2-6-16-29)40(31)42-36-21-12-26-43-41(36)35-25-24-30(27-37(35)42)44-38-22-9-7-17-33(38)34-18-8-10-23-39(34)44/h1-27H. The topological polar surface area (TPSA) is 17.8 Å². The molecule has 0 unspecified atom stereocenters. The molecule has 0 amide bonds. The third kappa shape index (κ3) is 3.73. The summed E-state index contributed by atoms with van der Waals surface area (Å²) in [6, 6.07) is 57.1. The van der Waals surface area contributed by atoms with Gasteiger partial charge in [0.05, 0.1) is 16.7 Å². The third-order valence-electron chi connectivity index (χ3n) is 9.15. The lowest BCUT2D eigenvalue weighted by Gasteiger charge is -2.21. The Hall–Kier alpha value is -5.67. The molecular formula is C41H27BN2. The zero-order chi connectivity index (χ0) is 29.0. The molecule has 3 heterocycles. The average Bonchev–Trinajstić information content (AvgIpc) is 3.61. The van der Waals surface area contributed by atoms with Crippen LogP contribution in [-0.4, -0.2) is 16.3 Å². The van der Waals surface area contributed by atoms with E-state index in [9.17, 15) is 0 Å². The first-order valence-corrected chi connectivity index (χ1v) is 15.2. The summed E-state index contributed by atoms with van der Waals surface area (Å²) in [4.78, 5) is 4.97. The molecule has 44 heavy (non-hydrogen) atoms. The normalized spacial score (nSPS) is 12.0. The minimum Gasteiger partial charge on any atom is -0.309 e. The Balaban J connectivity index is 1.35. The van der Waals surface area contributed by atoms with Gasteiger partial charge in [0, 0.05) is 22.7 Å². The van der Waals surface area contributed by atoms with Crippen LogP contribution in [0.5, 0.6) is 0 Å². The van der Waals surface area contributed by atoms with Crippen LogP contribution in [0.15, 0.2) is 164 Å². The fourth-order valence-electron chi connectivity index (χ4n) is 7.31. The SMILES string of the molecule is c1ccc(-c2cccc(-c3ccccc3)c2B2c3cc(-n4c5ccccc5c5ccccc54)ccc3-c3ncccc32)cc1. The molecular weight excluding hydrogens is 531 g/mol. The van der Waals surface area contributed by atoms with E-state index in [0.717, 1.165) is 11.4 Å². The summed E-state index contributed by atoms with van der Waals surface area (Å²) in [6.07, 6.45) is 1.92. The van der Waals surface area contributed by atoms with Gasteiger partial charge in [0.25, 0.3) is 0 Å². The van der Waals surface area contributed by atoms with Gasteiger partial charge in [0.2, 0.25) is 6.71 Å². The summed E-state index contributed by atoms with van der Waals surface area (Å²) < 4.78 is 2.42. The lowest BCUT2D eigenvalue weighted by atomic mass is 9.37. The van der Waals surface area contributed by atoms with E-state index in [1.54, 1.807) is 0 Å². The van der Waals surface area contributed by atoms with E-state index in [1.165, 1.54) is 66.0 Å². The molecule has 0 aliphatic carbocycles. The van der Waals surface area contributed by atoms with Crippen molar-refractivity contribution in [3.8, 4) is 39.2 Å². The van der Waals surface area contributed by atoms with Crippen LogP contribution < -0.4 is 16.4 Å². The molecule has 1 aliphatic rings. The second-order valence-corrected chi connectivity index (χ2v) is 11.5. The molecule has 204 valence electrons. The average molecular weight is 558 g/mol. The fourth-order valence-corrected chi connectivity index (χ4v) is 7.31. The Morgan fingerprint density at radius 3 is 1.68 bits per heavy atom. The number of hydrogen-bond donors (Lipinski definition) is 0. The van der Waals surface area contributed by atoms with Gasteiger partial charge in [-0.3, -0.25) is 4.98 Å². The zero-order valence-corrected chi connectivity index (χ0v) is 24.1. The molecule has 2 aromatic heterocycles. The highest BCUT2D eigenvalue weighted by atomic mass is 15.0. The number of aromatic nitrogens is 2. The highest BCUT2D eigenvalue weighted by Crippen LogP contribution is 2.34. The van der Waals surface area contributed by atoms with E-state index in [-0.39, 0.29) is 6.71 Å². The van der Waals surface area contributed by atoms with Crippen molar-refractivity contribution >= 4 is 44.9 Å². The van der Waals surface area contributed by atoms with Crippen LogP contribution in [0.25, 0.3) is 61.0 Å². The van der Waals surface area contributed by atoms with E-state index in [1.807, 2.05) is 6.20 Å². The molecule has 0 radical (unpaired) electrons. The van der Waals surface area contributed by atoms with Crippen LogP contribution in [0, 0.1) is 0 Å². The Bertz CT molecular complexity index is 2230. The van der Waals surface area contributed by atoms with E-state index in [0.29, 0.717) is 0 Å². The van der Waals surface area contributed by atoms with Crippen LogP contribution in [0.3, 0.4) is 0 Å². The number of benzene rings is 6.